The van der Waals surface area contributed by atoms with E-state index < -0.39 is 0 Å². The van der Waals surface area contributed by atoms with Crippen molar-refractivity contribution in [2.45, 2.75) is 31.6 Å². The molecule has 1 aliphatic carbocycles. The summed E-state index contributed by atoms with van der Waals surface area (Å²) in [5.74, 6) is 0.534. The van der Waals surface area contributed by atoms with Gasteiger partial charge in [-0.3, -0.25) is 4.79 Å². The standard InChI is InChI=1S/C14H13BrINO/c15-9-5-6-10(16)13-12(18)7-11(17-14(9)13)8-3-1-2-4-8/h5-8H,1-4H2,(H,17,18). The molecule has 4 heteroatoms. The Hall–Kier alpha value is -0.360. The van der Waals surface area contributed by atoms with Crippen LogP contribution in [0.2, 0.25) is 0 Å². The molecule has 1 saturated carbocycles. The number of H-pyrrole nitrogens is 1. The van der Waals surface area contributed by atoms with Gasteiger partial charge >= 0.3 is 0 Å². The van der Waals surface area contributed by atoms with Gasteiger partial charge in [-0.2, -0.15) is 0 Å². The number of nitrogens with one attached hydrogen (secondary N) is 1. The van der Waals surface area contributed by atoms with E-state index in [0.29, 0.717) is 5.92 Å². The minimum atomic E-state index is 0.136. The molecule has 0 unspecified atom stereocenters. The van der Waals surface area contributed by atoms with Crippen molar-refractivity contribution in [1.82, 2.24) is 4.98 Å². The second kappa shape index (κ2) is 4.96. The first kappa shape index (κ1) is 12.7. The highest BCUT2D eigenvalue weighted by Crippen LogP contribution is 2.34. The van der Waals surface area contributed by atoms with Crippen LogP contribution in [0.1, 0.15) is 37.3 Å². The van der Waals surface area contributed by atoms with E-state index in [1.54, 1.807) is 6.07 Å². The molecule has 1 aromatic heterocycles. The first-order valence-corrected chi connectivity index (χ1v) is 8.05. The summed E-state index contributed by atoms with van der Waals surface area (Å²) in [5, 5.41) is 0.798. The van der Waals surface area contributed by atoms with Crippen LogP contribution < -0.4 is 5.43 Å². The molecular weight excluding hydrogens is 405 g/mol. The summed E-state index contributed by atoms with van der Waals surface area (Å²) in [7, 11) is 0. The lowest BCUT2D eigenvalue weighted by atomic mass is 10.0. The number of halogens is 2. The molecule has 1 heterocycles. The lowest BCUT2D eigenvalue weighted by Gasteiger charge is -2.12. The normalized spacial score (nSPS) is 16.6. The van der Waals surface area contributed by atoms with Gasteiger partial charge in [0.15, 0.2) is 5.43 Å². The van der Waals surface area contributed by atoms with E-state index >= 15 is 0 Å². The van der Waals surface area contributed by atoms with Crippen molar-refractivity contribution in [3.8, 4) is 0 Å². The summed E-state index contributed by atoms with van der Waals surface area (Å²) in [4.78, 5) is 15.8. The first-order valence-electron chi connectivity index (χ1n) is 6.18. The van der Waals surface area contributed by atoms with Crippen molar-refractivity contribution in [3.63, 3.8) is 0 Å². The monoisotopic (exact) mass is 417 g/mol. The third-order valence-electron chi connectivity index (χ3n) is 3.70. The van der Waals surface area contributed by atoms with Gasteiger partial charge in [-0.25, -0.2) is 0 Å². The van der Waals surface area contributed by atoms with E-state index in [4.69, 9.17) is 0 Å². The molecule has 18 heavy (non-hydrogen) atoms. The predicted molar refractivity (Wildman–Crippen MR) is 86.2 cm³/mol. The molecule has 0 spiro atoms. The molecule has 1 aromatic carbocycles. The first-order chi connectivity index (χ1) is 8.66. The van der Waals surface area contributed by atoms with Gasteiger partial charge in [0.05, 0.1) is 10.9 Å². The van der Waals surface area contributed by atoms with Crippen LogP contribution in [0, 0.1) is 3.57 Å². The molecule has 1 fully saturated rings. The van der Waals surface area contributed by atoms with E-state index in [-0.39, 0.29) is 5.43 Å². The van der Waals surface area contributed by atoms with Crippen molar-refractivity contribution in [3.05, 3.63) is 42.2 Å². The minimum Gasteiger partial charge on any atom is -0.357 e. The number of rotatable bonds is 1. The SMILES string of the molecule is O=c1cc(C2CCCC2)[nH]c2c(Br)ccc(I)c12. The maximum atomic E-state index is 12.3. The third kappa shape index (κ3) is 2.13. The van der Waals surface area contributed by atoms with Gasteiger partial charge in [0.1, 0.15) is 0 Å². The number of benzene rings is 1. The topological polar surface area (TPSA) is 32.9 Å². The molecule has 0 atom stereocenters. The van der Waals surface area contributed by atoms with Crippen molar-refractivity contribution in [1.29, 1.82) is 0 Å². The van der Waals surface area contributed by atoms with Gasteiger partial charge in [0.2, 0.25) is 0 Å². The van der Waals surface area contributed by atoms with Crippen molar-refractivity contribution in [2.24, 2.45) is 0 Å². The van der Waals surface area contributed by atoms with Crippen molar-refractivity contribution >= 4 is 49.4 Å². The average Bonchev–Trinajstić information content (AvgIpc) is 2.87. The predicted octanol–water partition coefficient (Wildman–Crippen LogP) is 4.55. The zero-order valence-corrected chi connectivity index (χ0v) is 13.5. The Morgan fingerprint density at radius 3 is 2.72 bits per heavy atom. The van der Waals surface area contributed by atoms with Crippen LogP contribution in [-0.2, 0) is 0 Å². The van der Waals surface area contributed by atoms with Crippen LogP contribution in [0.25, 0.3) is 10.9 Å². The Kier molecular flexibility index (Phi) is 3.49. The molecule has 3 rings (SSSR count). The van der Waals surface area contributed by atoms with E-state index in [9.17, 15) is 4.79 Å². The van der Waals surface area contributed by atoms with Crippen molar-refractivity contribution < 1.29 is 0 Å². The highest BCUT2D eigenvalue weighted by atomic mass is 127. The van der Waals surface area contributed by atoms with Crippen molar-refractivity contribution in [2.75, 3.05) is 0 Å². The molecule has 94 valence electrons. The molecule has 0 saturated heterocycles. The Morgan fingerprint density at radius 1 is 1.28 bits per heavy atom. The Labute approximate surface area is 127 Å². The largest absolute Gasteiger partial charge is 0.357 e. The van der Waals surface area contributed by atoms with E-state index in [1.165, 1.54) is 25.7 Å². The molecule has 0 aliphatic heterocycles. The summed E-state index contributed by atoms with van der Waals surface area (Å²) < 4.78 is 1.97. The zero-order valence-electron chi connectivity index (χ0n) is 9.80. The summed E-state index contributed by atoms with van der Waals surface area (Å²) in [6, 6.07) is 5.77. The van der Waals surface area contributed by atoms with E-state index in [1.807, 2.05) is 12.1 Å². The highest BCUT2D eigenvalue weighted by molar-refractivity contribution is 14.1. The summed E-state index contributed by atoms with van der Waals surface area (Å²) in [5.41, 5.74) is 2.18. The van der Waals surface area contributed by atoms with Crippen LogP contribution in [-0.4, -0.2) is 4.98 Å². The van der Waals surface area contributed by atoms with Gasteiger partial charge < -0.3 is 4.98 Å². The van der Waals surface area contributed by atoms with E-state index in [0.717, 1.165) is 24.6 Å². The zero-order chi connectivity index (χ0) is 12.7. The quantitative estimate of drug-likeness (QED) is 0.678. The van der Waals surface area contributed by atoms with E-state index in [2.05, 4.69) is 43.5 Å². The second-order valence-corrected chi connectivity index (χ2v) is 6.87. The third-order valence-corrected chi connectivity index (χ3v) is 5.26. The lowest BCUT2D eigenvalue weighted by molar-refractivity contribution is 0.700. The fraction of sp³-hybridized carbons (Fsp3) is 0.357. The van der Waals surface area contributed by atoms with Gasteiger partial charge in [0.25, 0.3) is 0 Å². The van der Waals surface area contributed by atoms with Crippen LogP contribution in [0.15, 0.2) is 27.5 Å². The fourth-order valence-electron chi connectivity index (χ4n) is 2.77. The molecular formula is C14H13BrINO. The molecule has 0 amide bonds. The van der Waals surface area contributed by atoms with Crippen LogP contribution in [0.3, 0.4) is 0 Å². The highest BCUT2D eigenvalue weighted by Gasteiger charge is 2.19. The molecule has 0 bridgehead atoms. The van der Waals surface area contributed by atoms with Crippen LogP contribution >= 0.6 is 38.5 Å². The summed E-state index contributed by atoms with van der Waals surface area (Å²) >= 11 is 5.75. The molecule has 1 aliphatic rings. The number of hydrogen-bond acceptors (Lipinski definition) is 1. The van der Waals surface area contributed by atoms with Crippen LogP contribution in [0.4, 0.5) is 0 Å². The number of pyridine rings is 1. The molecule has 1 N–H and O–H groups in total. The van der Waals surface area contributed by atoms with Gasteiger partial charge in [0, 0.05) is 19.8 Å². The number of aromatic amines is 1. The van der Waals surface area contributed by atoms with Crippen LogP contribution in [0.5, 0.6) is 0 Å². The smallest absolute Gasteiger partial charge is 0.190 e. The molecule has 2 aromatic rings. The Bertz CT molecular complexity index is 659. The van der Waals surface area contributed by atoms with Gasteiger partial charge in [-0.1, -0.05) is 12.8 Å². The fourth-order valence-corrected chi connectivity index (χ4v) is 3.91. The number of fused-ring (bicyclic) bond motifs is 1. The lowest BCUT2D eigenvalue weighted by Crippen LogP contribution is -2.09. The number of aromatic nitrogens is 1. The maximum Gasteiger partial charge on any atom is 0.190 e. The Balaban J connectivity index is 2.26. The number of hydrogen-bond donors (Lipinski definition) is 1. The minimum absolute atomic E-state index is 0.136. The average molecular weight is 418 g/mol. The summed E-state index contributed by atoms with van der Waals surface area (Å²) in [6.45, 7) is 0. The molecule has 2 nitrogen and oxygen atoms in total. The van der Waals surface area contributed by atoms with Gasteiger partial charge in [-0.15, -0.1) is 0 Å². The Morgan fingerprint density at radius 2 is 2.00 bits per heavy atom. The van der Waals surface area contributed by atoms with Gasteiger partial charge in [-0.05, 0) is 69.4 Å². The summed E-state index contributed by atoms with van der Waals surface area (Å²) in [6.07, 6.45) is 4.95. The second-order valence-electron chi connectivity index (χ2n) is 4.85. The maximum absolute atomic E-state index is 12.3. The molecule has 0 radical (unpaired) electrons.